The number of benzene rings is 1. The maximum absolute atomic E-state index is 11.3. The van der Waals surface area contributed by atoms with Gasteiger partial charge in [0, 0.05) is 0 Å². The standard InChI is InChI=1S/C12H13NO4/c1-3-16-11(14)9(2)13-12(15)17-10-7-5-4-6-8-10/h4-8H,2-3H2,1H3,(H,13,15). The number of hydrogen-bond donors (Lipinski definition) is 1. The number of carbonyl (C=O) groups is 2. The molecule has 0 fully saturated rings. The highest BCUT2D eigenvalue weighted by Crippen LogP contribution is 2.08. The monoisotopic (exact) mass is 235 g/mol. The van der Waals surface area contributed by atoms with E-state index in [1.165, 1.54) is 0 Å². The lowest BCUT2D eigenvalue weighted by Crippen LogP contribution is -2.30. The van der Waals surface area contributed by atoms with E-state index in [4.69, 9.17) is 4.74 Å². The first kappa shape index (κ1) is 12.8. The fourth-order valence-electron chi connectivity index (χ4n) is 1.01. The predicted octanol–water partition coefficient (Wildman–Crippen LogP) is 1.85. The van der Waals surface area contributed by atoms with Crippen LogP contribution in [0.2, 0.25) is 0 Å². The van der Waals surface area contributed by atoms with Crippen molar-refractivity contribution in [2.75, 3.05) is 6.61 Å². The van der Waals surface area contributed by atoms with Gasteiger partial charge in [0.2, 0.25) is 0 Å². The number of para-hydroxylation sites is 1. The smallest absolute Gasteiger partial charge is 0.417 e. The third-order valence-electron chi connectivity index (χ3n) is 1.73. The Bertz CT molecular complexity index is 414. The first-order chi connectivity index (χ1) is 8.13. The summed E-state index contributed by atoms with van der Waals surface area (Å²) in [4.78, 5) is 22.5. The first-order valence-electron chi connectivity index (χ1n) is 5.03. The van der Waals surface area contributed by atoms with Crippen LogP contribution in [0.15, 0.2) is 42.6 Å². The van der Waals surface area contributed by atoms with Gasteiger partial charge in [-0.3, -0.25) is 5.32 Å². The third-order valence-corrected chi connectivity index (χ3v) is 1.73. The lowest BCUT2D eigenvalue weighted by molar-refractivity contribution is -0.138. The molecule has 0 radical (unpaired) electrons. The van der Waals surface area contributed by atoms with Crippen LogP contribution in [0, 0.1) is 0 Å². The molecule has 0 spiro atoms. The van der Waals surface area contributed by atoms with Crippen molar-refractivity contribution in [3.8, 4) is 5.75 Å². The average molecular weight is 235 g/mol. The molecular weight excluding hydrogens is 222 g/mol. The van der Waals surface area contributed by atoms with Crippen LogP contribution in [-0.2, 0) is 9.53 Å². The molecule has 0 heterocycles. The lowest BCUT2D eigenvalue weighted by Gasteiger charge is -2.07. The highest BCUT2D eigenvalue weighted by atomic mass is 16.6. The van der Waals surface area contributed by atoms with Crippen molar-refractivity contribution in [2.45, 2.75) is 6.92 Å². The Kier molecular flexibility index (Phi) is 4.75. The van der Waals surface area contributed by atoms with Gasteiger partial charge in [-0.15, -0.1) is 0 Å². The zero-order valence-electron chi connectivity index (χ0n) is 9.43. The normalized spacial score (nSPS) is 9.24. The van der Waals surface area contributed by atoms with Crippen molar-refractivity contribution in [3.05, 3.63) is 42.6 Å². The van der Waals surface area contributed by atoms with Crippen LogP contribution in [0.3, 0.4) is 0 Å². The largest absolute Gasteiger partial charge is 0.461 e. The van der Waals surface area contributed by atoms with Gasteiger partial charge in [-0.05, 0) is 19.1 Å². The Morgan fingerprint density at radius 1 is 1.29 bits per heavy atom. The molecule has 5 nitrogen and oxygen atoms in total. The van der Waals surface area contributed by atoms with E-state index in [0.717, 1.165) is 0 Å². The Labute approximate surface area is 99.0 Å². The van der Waals surface area contributed by atoms with E-state index in [0.29, 0.717) is 5.75 Å². The van der Waals surface area contributed by atoms with Crippen molar-refractivity contribution in [3.63, 3.8) is 0 Å². The van der Waals surface area contributed by atoms with Crippen molar-refractivity contribution in [2.24, 2.45) is 0 Å². The molecule has 0 aliphatic heterocycles. The molecule has 1 aromatic carbocycles. The van der Waals surface area contributed by atoms with Gasteiger partial charge in [-0.2, -0.15) is 0 Å². The molecule has 0 aliphatic carbocycles. The molecule has 1 N–H and O–H groups in total. The van der Waals surface area contributed by atoms with Gasteiger partial charge in [-0.25, -0.2) is 9.59 Å². The summed E-state index contributed by atoms with van der Waals surface area (Å²) < 4.78 is 9.54. The van der Waals surface area contributed by atoms with Gasteiger partial charge in [0.05, 0.1) is 6.61 Å². The van der Waals surface area contributed by atoms with Crippen molar-refractivity contribution in [1.82, 2.24) is 5.32 Å². The number of esters is 1. The molecule has 90 valence electrons. The molecule has 1 rings (SSSR count). The number of carbonyl (C=O) groups excluding carboxylic acids is 2. The Balaban J connectivity index is 2.45. The number of ether oxygens (including phenoxy) is 2. The molecule has 0 bridgehead atoms. The summed E-state index contributed by atoms with van der Waals surface area (Å²) in [5, 5.41) is 2.18. The highest BCUT2D eigenvalue weighted by molar-refractivity contribution is 5.91. The van der Waals surface area contributed by atoms with Crippen LogP contribution < -0.4 is 10.1 Å². The molecule has 0 aromatic heterocycles. The van der Waals surface area contributed by atoms with Gasteiger partial charge in [0.25, 0.3) is 0 Å². The molecule has 0 saturated heterocycles. The molecule has 0 aliphatic rings. The van der Waals surface area contributed by atoms with E-state index in [1.807, 2.05) is 0 Å². The fourth-order valence-corrected chi connectivity index (χ4v) is 1.01. The SMILES string of the molecule is C=C(NC(=O)Oc1ccccc1)C(=O)OCC. The topological polar surface area (TPSA) is 64.6 Å². The number of rotatable bonds is 4. The maximum Gasteiger partial charge on any atom is 0.417 e. The lowest BCUT2D eigenvalue weighted by atomic mass is 10.3. The quantitative estimate of drug-likeness (QED) is 0.639. The zero-order valence-corrected chi connectivity index (χ0v) is 9.43. The molecule has 0 atom stereocenters. The van der Waals surface area contributed by atoms with Crippen LogP contribution in [0.25, 0.3) is 0 Å². The summed E-state index contributed by atoms with van der Waals surface area (Å²) in [6, 6.07) is 8.48. The van der Waals surface area contributed by atoms with Gasteiger partial charge < -0.3 is 9.47 Å². The molecule has 0 saturated carbocycles. The summed E-state index contributed by atoms with van der Waals surface area (Å²) in [6.07, 6.45) is -0.783. The van der Waals surface area contributed by atoms with Crippen molar-refractivity contribution in [1.29, 1.82) is 0 Å². The molecule has 17 heavy (non-hydrogen) atoms. The summed E-state index contributed by atoms with van der Waals surface area (Å²) in [7, 11) is 0. The second-order valence-corrected chi connectivity index (χ2v) is 3.03. The fraction of sp³-hybridized carbons (Fsp3) is 0.167. The zero-order chi connectivity index (χ0) is 12.7. The predicted molar refractivity (Wildman–Crippen MR) is 61.4 cm³/mol. The van der Waals surface area contributed by atoms with Gasteiger partial charge >= 0.3 is 12.1 Å². The van der Waals surface area contributed by atoms with Crippen molar-refractivity contribution < 1.29 is 19.1 Å². The number of amides is 1. The number of hydrogen-bond acceptors (Lipinski definition) is 4. The van der Waals surface area contributed by atoms with E-state index in [1.54, 1.807) is 37.3 Å². The van der Waals surface area contributed by atoms with Gasteiger partial charge in [-0.1, -0.05) is 24.8 Å². The first-order valence-corrected chi connectivity index (χ1v) is 5.03. The van der Waals surface area contributed by atoms with E-state index >= 15 is 0 Å². The van der Waals surface area contributed by atoms with E-state index in [2.05, 4.69) is 16.6 Å². The maximum atomic E-state index is 11.3. The molecule has 5 heteroatoms. The molecule has 1 amide bonds. The van der Waals surface area contributed by atoms with Gasteiger partial charge in [0.15, 0.2) is 0 Å². The van der Waals surface area contributed by atoms with E-state index in [9.17, 15) is 9.59 Å². The van der Waals surface area contributed by atoms with E-state index < -0.39 is 12.1 Å². The molecule has 1 aromatic rings. The third kappa shape index (κ3) is 4.38. The second kappa shape index (κ2) is 6.32. The summed E-state index contributed by atoms with van der Waals surface area (Å²) in [5.74, 6) is -0.306. The minimum atomic E-state index is -0.783. The average Bonchev–Trinajstić information content (AvgIpc) is 2.30. The van der Waals surface area contributed by atoms with Crippen molar-refractivity contribution >= 4 is 12.1 Å². The molecule has 0 unspecified atom stereocenters. The summed E-state index contributed by atoms with van der Waals surface area (Å²) in [6.45, 7) is 5.24. The minimum Gasteiger partial charge on any atom is -0.461 e. The number of nitrogens with one attached hydrogen (secondary N) is 1. The van der Waals surface area contributed by atoms with Crippen LogP contribution in [-0.4, -0.2) is 18.7 Å². The van der Waals surface area contributed by atoms with Gasteiger partial charge in [0.1, 0.15) is 11.4 Å². The minimum absolute atomic E-state index is 0.159. The van der Waals surface area contributed by atoms with Crippen LogP contribution in [0.4, 0.5) is 4.79 Å². The highest BCUT2D eigenvalue weighted by Gasteiger charge is 2.12. The van der Waals surface area contributed by atoms with E-state index in [-0.39, 0.29) is 12.3 Å². The molecular formula is C12H13NO4. The van der Waals surface area contributed by atoms with Crippen LogP contribution >= 0.6 is 0 Å². The van der Waals surface area contributed by atoms with Crippen LogP contribution in [0.1, 0.15) is 6.92 Å². The summed E-state index contributed by atoms with van der Waals surface area (Å²) in [5.41, 5.74) is -0.159. The Hall–Kier alpha value is -2.30. The Morgan fingerprint density at radius 3 is 2.53 bits per heavy atom. The van der Waals surface area contributed by atoms with Crippen LogP contribution in [0.5, 0.6) is 5.75 Å². The summed E-state index contributed by atoms with van der Waals surface area (Å²) >= 11 is 0. The second-order valence-electron chi connectivity index (χ2n) is 3.03. The Morgan fingerprint density at radius 2 is 1.94 bits per heavy atom.